The van der Waals surface area contributed by atoms with E-state index < -0.39 is 15.6 Å². The summed E-state index contributed by atoms with van der Waals surface area (Å²) in [5.74, 6) is 0.0629. The molecule has 5 rings (SSSR count). The molecule has 0 amide bonds. The number of hydrogen-bond donors (Lipinski definition) is 1. The lowest BCUT2D eigenvalue weighted by atomic mass is 9.85. The Morgan fingerprint density at radius 1 is 0.952 bits per heavy atom. The minimum atomic E-state index is -3.64. The second-order valence-electron chi connectivity index (χ2n) is 11.4. The van der Waals surface area contributed by atoms with Gasteiger partial charge < -0.3 is 10.0 Å². The van der Waals surface area contributed by atoms with Crippen LogP contribution in [0.15, 0.2) is 101 Å². The Morgan fingerprint density at radius 3 is 2.33 bits per heavy atom. The van der Waals surface area contributed by atoms with Gasteiger partial charge in [-0.2, -0.15) is 4.31 Å². The molecule has 4 aromatic rings. The van der Waals surface area contributed by atoms with E-state index >= 15 is 0 Å². The van der Waals surface area contributed by atoms with Gasteiger partial charge in [0.2, 0.25) is 0 Å². The number of hydrogen-bond acceptors (Lipinski definition) is 6. The summed E-state index contributed by atoms with van der Waals surface area (Å²) in [4.78, 5) is 7.63. The lowest BCUT2D eigenvalue weighted by Gasteiger charge is -2.39. The summed E-state index contributed by atoms with van der Waals surface area (Å²) in [6, 6.07) is 29.9. The van der Waals surface area contributed by atoms with Crippen LogP contribution in [0, 0.1) is 0 Å². The van der Waals surface area contributed by atoms with E-state index in [4.69, 9.17) is 0 Å². The first-order valence-corrected chi connectivity index (χ1v) is 17.1. The Kier molecular flexibility index (Phi) is 10.2. The molecule has 0 aliphatic carbocycles. The quantitative estimate of drug-likeness (QED) is 0.190. The van der Waals surface area contributed by atoms with Gasteiger partial charge in [-0.1, -0.05) is 66.7 Å². The molecule has 0 radical (unpaired) electrons. The number of sulfonamides is 1. The topological polar surface area (TPSA) is 73.7 Å². The van der Waals surface area contributed by atoms with Crippen molar-refractivity contribution in [1.29, 1.82) is 0 Å². The van der Waals surface area contributed by atoms with E-state index in [0.717, 1.165) is 74.3 Å². The molecule has 3 heterocycles. The lowest BCUT2D eigenvalue weighted by molar-refractivity contribution is -0.0292. The van der Waals surface area contributed by atoms with Crippen molar-refractivity contribution in [3.8, 4) is 10.6 Å². The first kappa shape index (κ1) is 30.6. The summed E-state index contributed by atoms with van der Waals surface area (Å²) < 4.78 is 29.0. The van der Waals surface area contributed by atoms with Crippen LogP contribution >= 0.6 is 11.3 Å². The zero-order valence-corrected chi connectivity index (χ0v) is 25.9. The average molecular weight is 604 g/mol. The molecule has 0 bridgehead atoms. The van der Waals surface area contributed by atoms with E-state index in [0.29, 0.717) is 10.8 Å². The number of benzene rings is 2. The van der Waals surface area contributed by atoms with Crippen LogP contribution in [0.2, 0.25) is 0 Å². The Balaban J connectivity index is 1.17. The maximum atomic E-state index is 13.6. The molecule has 0 spiro atoms. The van der Waals surface area contributed by atoms with Gasteiger partial charge in [-0.3, -0.25) is 4.98 Å². The number of aliphatic hydroxyl groups is 1. The number of thiophene rings is 1. The third-order valence-corrected chi connectivity index (χ3v) is 11.8. The summed E-state index contributed by atoms with van der Waals surface area (Å²) in [6.45, 7) is 3.00. The summed E-state index contributed by atoms with van der Waals surface area (Å²) in [6.07, 6.45) is 6.94. The van der Waals surface area contributed by atoms with Crippen molar-refractivity contribution >= 4 is 21.4 Å². The van der Waals surface area contributed by atoms with E-state index in [-0.39, 0.29) is 5.92 Å². The van der Waals surface area contributed by atoms with Crippen LogP contribution in [0.3, 0.4) is 0 Å². The van der Waals surface area contributed by atoms with Gasteiger partial charge in [-0.15, -0.1) is 11.3 Å². The van der Waals surface area contributed by atoms with Gasteiger partial charge in [0, 0.05) is 32.9 Å². The van der Waals surface area contributed by atoms with Crippen molar-refractivity contribution in [2.24, 2.45) is 0 Å². The SMILES string of the molecule is CN(C[C@@H](CCN1CCC(O)(CCCc2ccccc2)CC1)c1ccccc1)S(=O)(=O)c1ccc(-c2ccccn2)s1. The molecular weight excluding hydrogens is 563 g/mol. The largest absolute Gasteiger partial charge is 0.390 e. The van der Waals surface area contributed by atoms with Crippen LogP contribution in [-0.2, 0) is 16.4 Å². The van der Waals surface area contributed by atoms with E-state index in [1.165, 1.54) is 21.2 Å². The zero-order chi connectivity index (χ0) is 29.4. The van der Waals surface area contributed by atoms with Crippen LogP contribution in [0.5, 0.6) is 0 Å². The summed E-state index contributed by atoms with van der Waals surface area (Å²) in [7, 11) is -1.96. The van der Waals surface area contributed by atoms with Crippen LogP contribution < -0.4 is 0 Å². The van der Waals surface area contributed by atoms with Gasteiger partial charge in [0.1, 0.15) is 4.21 Å². The molecule has 1 aliphatic heterocycles. The number of aryl methyl sites for hydroxylation is 1. The first-order valence-electron chi connectivity index (χ1n) is 14.8. The van der Waals surface area contributed by atoms with Crippen LogP contribution in [-0.4, -0.2) is 66.5 Å². The Hall–Kier alpha value is -2.88. The number of nitrogens with zero attached hydrogens (tertiary/aromatic N) is 3. The van der Waals surface area contributed by atoms with Crippen molar-refractivity contribution in [3.63, 3.8) is 0 Å². The fraction of sp³-hybridized carbons (Fsp3) is 0.382. The van der Waals surface area contributed by atoms with Gasteiger partial charge in [0.25, 0.3) is 10.0 Å². The highest BCUT2D eigenvalue weighted by atomic mass is 32.2. The predicted molar refractivity (Wildman–Crippen MR) is 171 cm³/mol. The third kappa shape index (κ3) is 7.94. The predicted octanol–water partition coefficient (Wildman–Crippen LogP) is 6.45. The highest BCUT2D eigenvalue weighted by molar-refractivity contribution is 7.91. The fourth-order valence-electron chi connectivity index (χ4n) is 5.80. The average Bonchev–Trinajstić information content (AvgIpc) is 3.53. The first-order chi connectivity index (χ1) is 20.3. The van der Waals surface area contributed by atoms with Crippen molar-refractivity contribution in [2.75, 3.05) is 33.2 Å². The molecule has 222 valence electrons. The van der Waals surface area contributed by atoms with E-state index in [9.17, 15) is 13.5 Å². The summed E-state index contributed by atoms with van der Waals surface area (Å²) in [5.41, 5.74) is 2.66. The molecule has 42 heavy (non-hydrogen) atoms. The van der Waals surface area contributed by atoms with Gasteiger partial charge in [-0.25, -0.2) is 8.42 Å². The second kappa shape index (κ2) is 14.1. The molecule has 1 aliphatic rings. The normalized spacial score (nSPS) is 16.5. The van der Waals surface area contributed by atoms with Gasteiger partial charge in [-0.05, 0) is 86.4 Å². The van der Waals surface area contributed by atoms with Crippen molar-refractivity contribution in [1.82, 2.24) is 14.2 Å². The molecule has 8 heteroatoms. The maximum Gasteiger partial charge on any atom is 0.252 e. The van der Waals surface area contributed by atoms with Crippen LogP contribution in [0.1, 0.15) is 49.1 Å². The van der Waals surface area contributed by atoms with Gasteiger partial charge in [0.05, 0.1) is 16.2 Å². The number of pyridine rings is 1. The van der Waals surface area contributed by atoms with Crippen molar-refractivity contribution < 1.29 is 13.5 Å². The highest BCUT2D eigenvalue weighted by Gasteiger charge is 2.32. The highest BCUT2D eigenvalue weighted by Crippen LogP contribution is 2.33. The Bertz CT molecular complexity index is 1490. The zero-order valence-electron chi connectivity index (χ0n) is 24.3. The molecule has 0 unspecified atom stereocenters. The molecule has 2 aromatic heterocycles. The summed E-state index contributed by atoms with van der Waals surface area (Å²) >= 11 is 1.26. The monoisotopic (exact) mass is 603 g/mol. The van der Waals surface area contributed by atoms with Crippen molar-refractivity contribution in [3.05, 3.63) is 108 Å². The smallest absolute Gasteiger partial charge is 0.252 e. The van der Waals surface area contributed by atoms with Crippen LogP contribution in [0.25, 0.3) is 10.6 Å². The number of likely N-dealkylation sites (tertiary alicyclic amines) is 1. The summed E-state index contributed by atoms with van der Waals surface area (Å²) in [5, 5.41) is 11.2. The third-order valence-electron chi connectivity index (χ3n) is 8.44. The van der Waals surface area contributed by atoms with Crippen molar-refractivity contribution in [2.45, 2.75) is 54.3 Å². The minimum Gasteiger partial charge on any atom is -0.390 e. The Labute approximate surface area is 254 Å². The molecular formula is C34H41N3O3S2. The van der Waals surface area contributed by atoms with E-state index in [1.807, 2.05) is 48.5 Å². The van der Waals surface area contributed by atoms with Gasteiger partial charge >= 0.3 is 0 Å². The molecule has 2 aromatic carbocycles. The number of aromatic nitrogens is 1. The molecule has 1 saturated heterocycles. The minimum absolute atomic E-state index is 0.0629. The number of piperidine rings is 1. The molecule has 1 N–H and O–H groups in total. The second-order valence-corrected chi connectivity index (χ2v) is 14.8. The van der Waals surface area contributed by atoms with Crippen LogP contribution in [0.4, 0.5) is 0 Å². The number of rotatable bonds is 13. The molecule has 0 saturated carbocycles. The lowest BCUT2D eigenvalue weighted by Crippen LogP contribution is -2.45. The molecule has 1 fully saturated rings. The fourth-order valence-corrected chi connectivity index (χ4v) is 8.51. The van der Waals surface area contributed by atoms with E-state index in [2.05, 4.69) is 46.3 Å². The molecule has 6 nitrogen and oxygen atoms in total. The van der Waals surface area contributed by atoms with Gasteiger partial charge in [0.15, 0.2) is 0 Å². The standard InChI is InChI=1S/C34H41N3O3S2/c1-36(42(39,40)33-18-17-32(41-33)31-16-8-9-23-35-31)27-30(29-14-6-3-7-15-29)19-24-37-25-21-34(38,22-26-37)20-10-13-28-11-4-2-5-12-28/h2-9,11-12,14-18,23,30,38H,10,13,19-22,24-27H2,1H3/t30-/m1/s1. The Morgan fingerprint density at radius 2 is 1.64 bits per heavy atom. The maximum absolute atomic E-state index is 13.6. The van der Waals surface area contributed by atoms with E-state index in [1.54, 1.807) is 19.3 Å². The molecule has 1 atom stereocenters. The number of likely N-dealkylation sites (N-methyl/N-ethyl adjacent to an activating group) is 1.